The Morgan fingerprint density at radius 2 is 1.89 bits per heavy atom. The van der Waals surface area contributed by atoms with Gasteiger partial charge in [-0.05, 0) is 36.6 Å². The molecule has 0 radical (unpaired) electrons. The summed E-state index contributed by atoms with van der Waals surface area (Å²) in [6.45, 7) is 0. The Labute approximate surface area is 158 Å². The molecular weight excluding hydrogens is 336 g/mol. The number of primary amides is 1. The molecule has 2 aromatic heterocycles. The summed E-state index contributed by atoms with van der Waals surface area (Å²) in [5.41, 5.74) is 8.62. The average Bonchev–Trinajstić information content (AvgIpc) is 3.09. The topological polar surface area (TPSA) is 83.8 Å². The fraction of sp³-hybridized carbons (Fsp3) is 0.273. The van der Waals surface area contributed by atoms with Crippen molar-refractivity contribution in [3.63, 3.8) is 0 Å². The largest absolute Gasteiger partial charge is 0.367 e. The molecule has 4 rings (SSSR count). The van der Waals surface area contributed by atoms with Crippen LogP contribution >= 0.6 is 0 Å². The Hall–Kier alpha value is -3.08. The molecule has 0 saturated heterocycles. The maximum atomic E-state index is 12.0. The monoisotopic (exact) mass is 360 g/mol. The number of hydrogen-bond acceptors (Lipinski definition) is 3. The molecule has 1 amide bonds. The number of aromatic amines is 1. The molecule has 0 atom stereocenters. The van der Waals surface area contributed by atoms with Gasteiger partial charge in [-0.2, -0.15) is 0 Å². The molecular formula is C22H24N4O. The van der Waals surface area contributed by atoms with Crippen molar-refractivity contribution in [1.29, 1.82) is 0 Å². The van der Waals surface area contributed by atoms with Crippen LogP contribution in [0.15, 0.2) is 48.7 Å². The zero-order valence-corrected chi connectivity index (χ0v) is 15.2. The maximum absolute atomic E-state index is 12.0. The standard InChI is InChI=1S/C22H24N4O/c23-21(27)19(15-7-3-1-4-8-15)13-16-14-24-22-18(16)11-12-20(26-22)25-17-9-5-2-6-10-17/h1,3-4,7-8,11-14,17H,2,5-6,9-10H2,(H2,23,27)(H2,24,25,26)/b19-13+. The minimum absolute atomic E-state index is 0.445. The Morgan fingerprint density at radius 1 is 1.11 bits per heavy atom. The van der Waals surface area contributed by atoms with Crippen molar-refractivity contribution in [2.45, 2.75) is 38.1 Å². The van der Waals surface area contributed by atoms with E-state index in [2.05, 4.69) is 10.3 Å². The molecule has 5 nitrogen and oxygen atoms in total. The molecule has 0 spiro atoms. The SMILES string of the molecule is NC(=O)/C(=C/c1c[nH]c2nc(NC3CCCCC3)ccc12)c1ccccc1. The number of anilines is 1. The van der Waals surface area contributed by atoms with Crippen LogP contribution in [0.4, 0.5) is 5.82 Å². The maximum Gasteiger partial charge on any atom is 0.249 e. The molecule has 0 aliphatic heterocycles. The third-order valence-electron chi connectivity index (χ3n) is 5.18. The number of nitrogens with one attached hydrogen (secondary N) is 2. The third-order valence-corrected chi connectivity index (χ3v) is 5.18. The number of nitrogens with two attached hydrogens (primary N) is 1. The highest BCUT2D eigenvalue weighted by atomic mass is 16.1. The van der Waals surface area contributed by atoms with Crippen molar-refractivity contribution in [3.8, 4) is 0 Å². The molecule has 1 fully saturated rings. The smallest absolute Gasteiger partial charge is 0.249 e. The first-order valence-electron chi connectivity index (χ1n) is 9.52. The summed E-state index contributed by atoms with van der Waals surface area (Å²) in [6.07, 6.45) is 10.0. The van der Waals surface area contributed by atoms with E-state index in [1.54, 1.807) is 0 Å². The number of benzene rings is 1. The van der Waals surface area contributed by atoms with Gasteiger partial charge in [0.15, 0.2) is 0 Å². The molecule has 1 aliphatic carbocycles. The Kier molecular flexibility index (Phi) is 4.92. The molecule has 3 aromatic rings. The van der Waals surface area contributed by atoms with E-state index in [0.717, 1.165) is 28.0 Å². The molecule has 4 N–H and O–H groups in total. The predicted molar refractivity (Wildman–Crippen MR) is 110 cm³/mol. The molecule has 5 heteroatoms. The average molecular weight is 360 g/mol. The van der Waals surface area contributed by atoms with Crippen molar-refractivity contribution >= 4 is 34.4 Å². The summed E-state index contributed by atoms with van der Waals surface area (Å²) in [7, 11) is 0. The summed E-state index contributed by atoms with van der Waals surface area (Å²) in [5, 5.41) is 4.52. The first-order chi connectivity index (χ1) is 13.2. The lowest BCUT2D eigenvalue weighted by Crippen LogP contribution is -2.22. The van der Waals surface area contributed by atoms with Gasteiger partial charge in [-0.1, -0.05) is 49.6 Å². The van der Waals surface area contributed by atoms with Gasteiger partial charge >= 0.3 is 0 Å². The van der Waals surface area contributed by atoms with Crippen LogP contribution in [0.25, 0.3) is 22.7 Å². The van der Waals surface area contributed by atoms with Crippen molar-refractivity contribution in [1.82, 2.24) is 9.97 Å². The predicted octanol–water partition coefficient (Wildman–Crippen LogP) is 4.33. The zero-order valence-electron chi connectivity index (χ0n) is 15.2. The fourth-order valence-corrected chi connectivity index (χ4v) is 3.75. The van der Waals surface area contributed by atoms with Gasteiger partial charge in [-0.3, -0.25) is 4.79 Å². The summed E-state index contributed by atoms with van der Waals surface area (Å²) < 4.78 is 0. The molecule has 1 saturated carbocycles. The number of H-pyrrole nitrogens is 1. The highest BCUT2D eigenvalue weighted by Gasteiger charge is 2.15. The van der Waals surface area contributed by atoms with Crippen molar-refractivity contribution in [2.75, 3.05) is 5.32 Å². The highest BCUT2D eigenvalue weighted by molar-refractivity contribution is 6.24. The number of fused-ring (bicyclic) bond motifs is 1. The number of nitrogens with zero attached hydrogens (tertiary/aromatic N) is 1. The summed E-state index contributed by atoms with van der Waals surface area (Å²) in [4.78, 5) is 19.9. The van der Waals surface area contributed by atoms with Crippen LogP contribution < -0.4 is 11.1 Å². The van der Waals surface area contributed by atoms with Crippen LogP contribution in [0, 0.1) is 0 Å². The van der Waals surface area contributed by atoms with Gasteiger partial charge in [0.2, 0.25) is 5.91 Å². The number of hydrogen-bond donors (Lipinski definition) is 3. The summed E-state index contributed by atoms with van der Waals surface area (Å²) >= 11 is 0. The van der Waals surface area contributed by atoms with Gasteiger partial charge in [-0.15, -0.1) is 0 Å². The molecule has 27 heavy (non-hydrogen) atoms. The first kappa shape index (κ1) is 17.3. The van der Waals surface area contributed by atoms with E-state index in [4.69, 9.17) is 10.7 Å². The first-order valence-corrected chi connectivity index (χ1v) is 9.52. The van der Waals surface area contributed by atoms with E-state index in [0.29, 0.717) is 11.6 Å². The van der Waals surface area contributed by atoms with Crippen molar-refractivity contribution in [2.24, 2.45) is 5.73 Å². The van der Waals surface area contributed by atoms with Gasteiger partial charge < -0.3 is 16.0 Å². The number of pyridine rings is 1. The Bertz CT molecular complexity index is 968. The lowest BCUT2D eigenvalue weighted by atomic mass is 9.95. The molecule has 1 aromatic carbocycles. The van der Waals surface area contributed by atoms with Crippen LogP contribution in [0.5, 0.6) is 0 Å². The minimum atomic E-state index is -0.445. The van der Waals surface area contributed by atoms with Crippen LogP contribution in [-0.4, -0.2) is 21.9 Å². The lowest BCUT2D eigenvalue weighted by molar-refractivity contribution is -0.112. The normalized spacial score (nSPS) is 15.8. The Morgan fingerprint density at radius 3 is 2.63 bits per heavy atom. The van der Waals surface area contributed by atoms with E-state index in [1.165, 1.54) is 32.1 Å². The van der Waals surface area contributed by atoms with Crippen molar-refractivity contribution < 1.29 is 4.79 Å². The van der Waals surface area contributed by atoms with Crippen LogP contribution in [0.3, 0.4) is 0 Å². The molecule has 2 heterocycles. The molecule has 0 bridgehead atoms. The zero-order chi connectivity index (χ0) is 18.6. The van der Waals surface area contributed by atoms with Gasteiger partial charge in [0.25, 0.3) is 0 Å². The van der Waals surface area contributed by atoms with Crippen molar-refractivity contribution in [3.05, 3.63) is 59.8 Å². The molecule has 0 unspecified atom stereocenters. The molecule has 138 valence electrons. The summed E-state index contributed by atoms with van der Waals surface area (Å²) in [5.74, 6) is 0.448. The third kappa shape index (κ3) is 3.87. The van der Waals surface area contributed by atoms with E-state index in [9.17, 15) is 4.79 Å². The van der Waals surface area contributed by atoms with Crippen LogP contribution in [0.2, 0.25) is 0 Å². The second kappa shape index (κ2) is 7.66. The minimum Gasteiger partial charge on any atom is -0.367 e. The van der Waals surface area contributed by atoms with E-state index < -0.39 is 5.91 Å². The Balaban J connectivity index is 1.63. The quantitative estimate of drug-likeness (QED) is 0.592. The second-order valence-electron chi connectivity index (χ2n) is 7.10. The number of carbonyl (C=O) groups excluding carboxylic acids is 1. The second-order valence-corrected chi connectivity index (χ2v) is 7.10. The van der Waals surface area contributed by atoms with Crippen LogP contribution in [0.1, 0.15) is 43.2 Å². The number of aromatic nitrogens is 2. The van der Waals surface area contributed by atoms with E-state index in [1.807, 2.05) is 54.7 Å². The van der Waals surface area contributed by atoms with Crippen LogP contribution in [-0.2, 0) is 4.79 Å². The van der Waals surface area contributed by atoms with E-state index >= 15 is 0 Å². The fourth-order valence-electron chi connectivity index (χ4n) is 3.75. The van der Waals surface area contributed by atoms with Gasteiger partial charge in [-0.25, -0.2) is 4.98 Å². The number of rotatable bonds is 5. The van der Waals surface area contributed by atoms with E-state index in [-0.39, 0.29) is 0 Å². The lowest BCUT2D eigenvalue weighted by Gasteiger charge is -2.23. The highest BCUT2D eigenvalue weighted by Crippen LogP contribution is 2.26. The molecule has 1 aliphatic rings. The number of amides is 1. The van der Waals surface area contributed by atoms with Gasteiger partial charge in [0.1, 0.15) is 11.5 Å². The van der Waals surface area contributed by atoms with Gasteiger partial charge in [0, 0.05) is 28.8 Å². The summed E-state index contributed by atoms with van der Waals surface area (Å²) in [6, 6.07) is 14.0. The van der Waals surface area contributed by atoms with Gasteiger partial charge in [0.05, 0.1) is 0 Å². The number of carbonyl (C=O) groups is 1.